The van der Waals surface area contributed by atoms with E-state index in [1.165, 1.54) is 0 Å². The number of nitrogens with one attached hydrogen (secondary N) is 2. The third-order valence-electron chi connectivity index (χ3n) is 2.36. The Bertz CT molecular complexity index is 361. The van der Waals surface area contributed by atoms with Crippen LogP contribution in [-0.2, 0) is 0 Å². The SMILES string of the molecule is CCCNc1nc(NC(CO)CO)nc(OCCC)n1. The van der Waals surface area contributed by atoms with Crippen molar-refractivity contribution < 1.29 is 14.9 Å². The highest BCUT2D eigenvalue weighted by molar-refractivity contribution is 5.36. The maximum absolute atomic E-state index is 9.07. The number of ether oxygens (including phenoxy) is 1. The summed E-state index contributed by atoms with van der Waals surface area (Å²) < 4.78 is 5.40. The molecule has 0 atom stereocenters. The predicted molar refractivity (Wildman–Crippen MR) is 76.0 cm³/mol. The fourth-order valence-electron chi connectivity index (χ4n) is 1.33. The molecular weight excluding hydrogens is 262 g/mol. The number of nitrogens with zero attached hydrogens (tertiary/aromatic N) is 3. The van der Waals surface area contributed by atoms with Crippen molar-refractivity contribution in [2.75, 3.05) is 37.0 Å². The van der Waals surface area contributed by atoms with Crippen molar-refractivity contribution in [3.05, 3.63) is 0 Å². The van der Waals surface area contributed by atoms with Gasteiger partial charge in [0.2, 0.25) is 11.9 Å². The van der Waals surface area contributed by atoms with Gasteiger partial charge < -0.3 is 25.6 Å². The fourth-order valence-corrected chi connectivity index (χ4v) is 1.33. The van der Waals surface area contributed by atoms with Gasteiger partial charge in [-0.05, 0) is 12.8 Å². The number of rotatable bonds is 10. The minimum absolute atomic E-state index is 0.217. The molecule has 4 N–H and O–H groups in total. The van der Waals surface area contributed by atoms with Crippen molar-refractivity contribution in [3.63, 3.8) is 0 Å². The van der Waals surface area contributed by atoms with Crippen molar-refractivity contribution in [1.82, 2.24) is 15.0 Å². The van der Waals surface area contributed by atoms with Gasteiger partial charge in [-0.25, -0.2) is 0 Å². The van der Waals surface area contributed by atoms with E-state index in [-0.39, 0.29) is 25.2 Å². The normalized spacial score (nSPS) is 10.7. The molecule has 0 unspecified atom stereocenters. The number of hydrogen-bond donors (Lipinski definition) is 4. The lowest BCUT2D eigenvalue weighted by atomic mass is 10.3. The van der Waals surface area contributed by atoms with Crippen molar-refractivity contribution >= 4 is 11.9 Å². The summed E-state index contributed by atoms with van der Waals surface area (Å²) in [7, 11) is 0. The molecule has 0 aliphatic heterocycles. The first kappa shape index (κ1) is 16.4. The molecule has 0 fully saturated rings. The Morgan fingerprint density at radius 2 is 1.75 bits per heavy atom. The first-order valence-electron chi connectivity index (χ1n) is 6.84. The summed E-state index contributed by atoms with van der Waals surface area (Å²) in [5.41, 5.74) is 0. The minimum Gasteiger partial charge on any atom is -0.463 e. The van der Waals surface area contributed by atoms with Gasteiger partial charge in [-0.15, -0.1) is 0 Å². The zero-order chi connectivity index (χ0) is 14.8. The molecule has 0 amide bonds. The second-order valence-corrected chi connectivity index (χ2v) is 4.25. The Kier molecular flexibility index (Phi) is 7.59. The Balaban J connectivity index is 2.84. The molecule has 0 aliphatic carbocycles. The molecule has 0 saturated carbocycles. The van der Waals surface area contributed by atoms with Crippen LogP contribution in [0.1, 0.15) is 26.7 Å². The van der Waals surface area contributed by atoms with Crippen molar-refractivity contribution in [3.8, 4) is 6.01 Å². The van der Waals surface area contributed by atoms with Gasteiger partial charge in [0.25, 0.3) is 0 Å². The van der Waals surface area contributed by atoms with Gasteiger partial charge in [-0.1, -0.05) is 13.8 Å². The lowest BCUT2D eigenvalue weighted by molar-refractivity contribution is 0.203. The zero-order valence-corrected chi connectivity index (χ0v) is 12.0. The molecule has 0 aromatic carbocycles. The summed E-state index contributed by atoms with van der Waals surface area (Å²) in [5, 5.41) is 24.0. The molecule has 8 heteroatoms. The van der Waals surface area contributed by atoms with Crippen molar-refractivity contribution in [2.24, 2.45) is 0 Å². The maximum atomic E-state index is 9.07. The van der Waals surface area contributed by atoms with Gasteiger partial charge in [0.1, 0.15) is 0 Å². The Morgan fingerprint density at radius 3 is 2.35 bits per heavy atom. The Labute approximate surface area is 118 Å². The van der Waals surface area contributed by atoms with Crippen LogP contribution in [0.4, 0.5) is 11.9 Å². The first-order chi connectivity index (χ1) is 9.73. The van der Waals surface area contributed by atoms with Gasteiger partial charge >= 0.3 is 6.01 Å². The summed E-state index contributed by atoms with van der Waals surface area (Å²) in [6.07, 6.45) is 1.79. The van der Waals surface area contributed by atoms with Crippen LogP contribution in [-0.4, -0.2) is 57.6 Å². The highest BCUT2D eigenvalue weighted by Crippen LogP contribution is 2.12. The van der Waals surface area contributed by atoms with Crippen molar-refractivity contribution in [2.45, 2.75) is 32.7 Å². The number of anilines is 2. The Hall–Kier alpha value is -1.67. The maximum Gasteiger partial charge on any atom is 0.323 e. The molecule has 114 valence electrons. The summed E-state index contributed by atoms with van der Waals surface area (Å²) in [6, 6.07) is -0.298. The molecule has 0 aliphatic rings. The molecule has 1 heterocycles. The topological polar surface area (TPSA) is 112 Å². The lowest BCUT2D eigenvalue weighted by Crippen LogP contribution is -2.29. The van der Waals surface area contributed by atoms with E-state index < -0.39 is 6.04 Å². The third-order valence-corrected chi connectivity index (χ3v) is 2.36. The summed E-state index contributed by atoms with van der Waals surface area (Å²) in [5.74, 6) is 0.669. The number of aliphatic hydroxyl groups excluding tert-OH is 2. The highest BCUT2D eigenvalue weighted by Gasteiger charge is 2.11. The molecule has 1 aromatic heterocycles. The van der Waals surface area contributed by atoms with Gasteiger partial charge in [-0.3, -0.25) is 0 Å². The van der Waals surface area contributed by atoms with Gasteiger partial charge in [0, 0.05) is 6.54 Å². The van der Waals surface area contributed by atoms with Gasteiger partial charge in [0.15, 0.2) is 0 Å². The molecule has 1 rings (SSSR count). The fraction of sp³-hybridized carbons (Fsp3) is 0.750. The Morgan fingerprint density at radius 1 is 1.05 bits per heavy atom. The van der Waals surface area contributed by atoms with Crippen LogP contribution in [0.5, 0.6) is 6.01 Å². The molecule has 0 bridgehead atoms. The van der Waals surface area contributed by atoms with Crippen LogP contribution in [0.15, 0.2) is 0 Å². The van der Waals surface area contributed by atoms with E-state index in [2.05, 4.69) is 25.6 Å². The largest absolute Gasteiger partial charge is 0.463 e. The average Bonchev–Trinajstić information content (AvgIpc) is 2.48. The minimum atomic E-state index is -0.518. The van der Waals surface area contributed by atoms with Gasteiger partial charge in [0.05, 0.1) is 25.9 Å². The molecule has 8 nitrogen and oxygen atoms in total. The predicted octanol–water partition coefficient (Wildman–Crippen LogP) is 0.247. The van der Waals surface area contributed by atoms with E-state index in [1.54, 1.807) is 0 Å². The monoisotopic (exact) mass is 285 g/mol. The second kappa shape index (κ2) is 9.27. The smallest absolute Gasteiger partial charge is 0.323 e. The van der Waals surface area contributed by atoms with E-state index in [1.807, 2.05) is 13.8 Å². The molecule has 0 spiro atoms. The van der Waals surface area contributed by atoms with E-state index in [4.69, 9.17) is 14.9 Å². The van der Waals surface area contributed by atoms with Gasteiger partial charge in [-0.2, -0.15) is 15.0 Å². The van der Waals surface area contributed by atoms with E-state index in [9.17, 15) is 0 Å². The van der Waals surface area contributed by atoms with Crippen molar-refractivity contribution in [1.29, 1.82) is 0 Å². The van der Waals surface area contributed by atoms with E-state index in [0.717, 1.165) is 19.4 Å². The average molecular weight is 285 g/mol. The van der Waals surface area contributed by atoms with Crippen LogP contribution in [0.3, 0.4) is 0 Å². The summed E-state index contributed by atoms with van der Waals surface area (Å²) >= 11 is 0. The molecule has 1 aromatic rings. The second-order valence-electron chi connectivity index (χ2n) is 4.25. The zero-order valence-electron chi connectivity index (χ0n) is 12.0. The molecule has 0 radical (unpaired) electrons. The van der Waals surface area contributed by atoms with E-state index >= 15 is 0 Å². The first-order valence-corrected chi connectivity index (χ1v) is 6.84. The standard InChI is InChI=1S/C12H23N5O3/c1-3-5-13-10-15-11(14-9(7-18)8-19)17-12(16-10)20-6-4-2/h9,18-19H,3-8H2,1-2H3,(H2,13,14,15,16,17). The molecule has 20 heavy (non-hydrogen) atoms. The highest BCUT2D eigenvalue weighted by atomic mass is 16.5. The lowest BCUT2D eigenvalue weighted by Gasteiger charge is -2.14. The van der Waals surface area contributed by atoms with E-state index in [0.29, 0.717) is 12.6 Å². The third kappa shape index (κ3) is 5.54. The quantitative estimate of drug-likeness (QED) is 0.484. The number of hydrogen-bond acceptors (Lipinski definition) is 8. The van der Waals surface area contributed by atoms with Crippen LogP contribution < -0.4 is 15.4 Å². The number of aliphatic hydroxyl groups is 2. The molecular formula is C12H23N5O3. The van der Waals surface area contributed by atoms with Crippen LogP contribution >= 0.6 is 0 Å². The van der Waals surface area contributed by atoms with Crippen LogP contribution in [0.25, 0.3) is 0 Å². The number of aromatic nitrogens is 3. The molecule has 0 saturated heterocycles. The summed E-state index contributed by atoms with van der Waals surface area (Å²) in [6.45, 7) is 4.84. The van der Waals surface area contributed by atoms with Crippen LogP contribution in [0.2, 0.25) is 0 Å². The summed E-state index contributed by atoms with van der Waals surface area (Å²) in [4.78, 5) is 12.4. The van der Waals surface area contributed by atoms with Crippen LogP contribution in [0, 0.1) is 0 Å².